The number of anilines is 1. The highest BCUT2D eigenvalue weighted by atomic mass is 79.9. The number of carbonyl (C=O) groups excluding carboxylic acids is 1. The molecule has 2 N–H and O–H groups in total. The molecule has 0 aliphatic heterocycles. The third kappa shape index (κ3) is 3.58. The third-order valence-corrected chi connectivity index (χ3v) is 4.12. The highest BCUT2D eigenvalue weighted by Gasteiger charge is 2.10. The highest BCUT2D eigenvalue weighted by molar-refractivity contribution is 9.11. The van der Waals surface area contributed by atoms with E-state index in [0.29, 0.717) is 20.2 Å². The number of nitrogens with one attached hydrogen (secondary N) is 1. The van der Waals surface area contributed by atoms with Crippen LogP contribution < -0.4 is 5.32 Å². The molecule has 0 aliphatic carbocycles. The molecule has 0 bridgehead atoms. The number of halogens is 3. The van der Waals surface area contributed by atoms with Gasteiger partial charge in [0.15, 0.2) is 0 Å². The Bertz CT molecular complexity index is 603. The number of phenols is 1. The number of rotatable bonds is 2. The van der Waals surface area contributed by atoms with Gasteiger partial charge >= 0.3 is 0 Å². The summed E-state index contributed by atoms with van der Waals surface area (Å²) in [5.74, 6) is -0.112. The largest absolute Gasteiger partial charge is 0.506 e. The summed E-state index contributed by atoms with van der Waals surface area (Å²) in [5.41, 5.74) is 1.15. The molecule has 6 heteroatoms. The summed E-state index contributed by atoms with van der Waals surface area (Å²) >= 11 is 9.75. The first kappa shape index (κ1) is 14.6. The summed E-state index contributed by atoms with van der Waals surface area (Å²) in [5, 5.41) is 12.4. The monoisotopic (exact) mass is 447 g/mol. The Balaban J connectivity index is 2.22. The molecule has 0 aliphatic rings. The zero-order valence-corrected chi connectivity index (χ0v) is 14.2. The Hall–Kier alpha value is -0.850. The summed E-state index contributed by atoms with van der Waals surface area (Å²) in [7, 11) is 0. The molecule has 2 aromatic carbocycles. The van der Waals surface area contributed by atoms with Crippen LogP contribution in [0.25, 0.3) is 0 Å². The van der Waals surface area contributed by atoms with Crippen molar-refractivity contribution in [1.29, 1.82) is 0 Å². The molecule has 3 nitrogen and oxygen atoms in total. The second kappa shape index (κ2) is 6.07. The van der Waals surface area contributed by atoms with Gasteiger partial charge in [-0.25, -0.2) is 0 Å². The molecule has 0 heterocycles. The molecule has 1 amide bonds. The van der Waals surface area contributed by atoms with Crippen LogP contribution in [0.4, 0.5) is 5.69 Å². The van der Waals surface area contributed by atoms with Crippen LogP contribution in [0.2, 0.25) is 0 Å². The van der Waals surface area contributed by atoms with E-state index in [1.54, 1.807) is 36.4 Å². The van der Waals surface area contributed by atoms with Crippen molar-refractivity contribution < 1.29 is 9.90 Å². The quantitative estimate of drug-likeness (QED) is 0.638. The van der Waals surface area contributed by atoms with Crippen molar-refractivity contribution in [2.45, 2.75) is 0 Å². The molecule has 0 saturated carbocycles. The predicted octanol–water partition coefficient (Wildman–Crippen LogP) is 4.93. The fourth-order valence-electron chi connectivity index (χ4n) is 1.44. The Labute approximate surface area is 135 Å². The highest BCUT2D eigenvalue weighted by Crippen LogP contribution is 2.35. The number of phenolic OH excluding ortho intramolecular Hbond substituents is 1. The van der Waals surface area contributed by atoms with Gasteiger partial charge in [0.05, 0.1) is 8.95 Å². The Kier molecular flexibility index (Phi) is 4.65. The lowest BCUT2D eigenvalue weighted by atomic mass is 10.2. The lowest BCUT2D eigenvalue weighted by molar-refractivity contribution is 0.102. The topological polar surface area (TPSA) is 49.3 Å². The number of amides is 1. The molecule has 0 unspecified atom stereocenters. The fraction of sp³-hybridized carbons (Fsp3) is 0. The van der Waals surface area contributed by atoms with Crippen LogP contribution >= 0.6 is 47.8 Å². The van der Waals surface area contributed by atoms with Crippen molar-refractivity contribution in [2.75, 3.05) is 5.32 Å². The molecule has 2 aromatic rings. The van der Waals surface area contributed by atoms with Crippen molar-refractivity contribution in [2.24, 2.45) is 0 Å². The van der Waals surface area contributed by atoms with Crippen LogP contribution in [0.15, 0.2) is 49.8 Å². The summed E-state index contributed by atoms with van der Waals surface area (Å²) < 4.78 is 1.93. The van der Waals surface area contributed by atoms with Crippen molar-refractivity contribution in [1.82, 2.24) is 0 Å². The van der Waals surface area contributed by atoms with E-state index in [0.717, 1.165) is 4.47 Å². The van der Waals surface area contributed by atoms with Crippen LogP contribution in [-0.4, -0.2) is 11.0 Å². The normalized spacial score (nSPS) is 10.3. The Morgan fingerprint density at radius 1 is 1.00 bits per heavy atom. The Morgan fingerprint density at radius 2 is 1.53 bits per heavy atom. The molecule has 19 heavy (non-hydrogen) atoms. The zero-order valence-electron chi connectivity index (χ0n) is 9.45. The number of aromatic hydroxyl groups is 1. The van der Waals surface area contributed by atoms with E-state index in [1.807, 2.05) is 0 Å². The van der Waals surface area contributed by atoms with Crippen LogP contribution in [0, 0.1) is 0 Å². The van der Waals surface area contributed by atoms with E-state index in [-0.39, 0.29) is 11.7 Å². The van der Waals surface area contributed by atoms with Crippen LogP contribution in [0.3, 0.4) is 0 Å². The van der Waals surface area contributed by atoms with E-state index in [1.165, 1.54) is 0 Å². The molecule has 98 valence electrons. The molecule has 0 radical (unpaired) electrons. The summed E-state index contributed by atoms with van der Waals surface area (Å²) in [6, 6.07) is 10.3. The van der Waals surface area contributed by atoms with E-state index in [9.17, 15) is 9.90 Å². The second-order valence-corrected chi connectivity index (χ2v) is 6.37. The van der Waals surface area contributed by atoms with Gasteiger partial charge in [-0.1, -0.05) is 15.9 Å². The lowest BCUT2D eigenvalue weighted by Gasteiger charge is -2.08. The maximum atomic E-state index is 12.0. The van der Waals surface area contributed by atoms with Crippen LogP contribution in [0.5, 0.6) is 5.75 Å². The van der Waals surface area contributed by atoms with Gasteiger partial charge in [-0.15, -0.1) is 0 Å². The third-order valence-electron chi connectivity index (χ3n) is 2.38. The minimum atomic E-state index is -0.211. The van der Waals surface area contributed by atoms with Crippen molar-refractivity contribution in [3.63, 3.8) is 0 Å². The maximum absolute atomic E-state index is 12.0. The van der Waals surface area contributed by atoms with Gasteiger partial charge < -0.3 is 10.4 Å². The standard InChI is InChI=1S/C13H8Br3NO2/c14-8-3-1-7(2-4-8)13(19)17-9-5-10(15)12(18)11(16)6-9/h1-6,18H,(H,17,19). The molecule has 0 fully saturated rings. The molecule has 2 rings (SSSR count). The molecule has 0 aromatic heterocycles. The van der Waals surface area contributed by atoms with Crippen LogP contribution in [-0.2, 0) is 0 Å². The first-order chi connectivity index (χ1) is 8.97. The molecule has 0 atom stereocenters. The molecular weight excluding hydrogens is 442 g/mol. The lowest BCUT2D eigenvalue weighted by Crippen LogP contribution is -2.11. The fourth-order valence-corrected chi connectivity index (χ4v) is 2.89. The average molecular weight is 450 g/mol. The minimum absolute atomic E-state index is 0.0987. The van der Waals surface area contributed by atoms with Crippen molar-refractivity contribution in [3.05, 3.63) is 55.4 Å². The van der Waals surface area contributed by atoms with E-state index in [2.05, 4.69) is 53.1 Å². The number of benzene rings is 2. The SMILES string of the molecule is O=C(Nc1cc(Br)c(O)c(Br)c1)c1ccc(Br)cc1. The first-order valence-corrected chi connectivity index (χ1v) is 7.60. The van der Waals surface area contributed by atoms with E-state index < -0.39 is 0 Å². The van der Waals surface area contributed by atoms with E-state index >= 15 is 0 Å². The second-order valence-electron chi connectivity index (χ2n) is 3.75. The van der Waals surface area contributed by atoms with Gasteiger partial charge in [0.2, 0.25) is 0 Å². The van der Waals surface area contributed by atoms with Crippen molar-refractivity contribution in [3.8, 4) is 5.75 Å². The van der Waals surface area contributed by atoms with Gasteiger partial charge in [0.1, 0.15) is 5.75 Å². The van der Waals surface area contributed by atoms with Gasteiger partial charge in [-0.05, 0) is 68.3 Å². The van der Waals surface area contributed by atoms with Crippen molar-refractivity contribution >= 4 is 59.4 Å². The Morgan fingerprint density at radius 3 is 2.05 bits per heavy atom. The minimum Gasteiger partial charge on any atom is -0.506 e. The maximum Gasteiger partial charge on any atom is 0.255 e. The molecule has 0 spiro atoms. The summed E-state index contributed by atoms with van der Waals surface area (Å²) in [6.07, 6.45) is 0. The number of carbonyl (C=O) groups is 1. The molecule has 0 saturated heterocycles. The smallest absolute Gasteiger partial charge is 0.255 e. The molecular formula is C13H8Br3NO2. The first-order valence-electron chi connectivity index (χ1n) is 5.22. The predicted molar refractivity (Wildman–Crippen MR) is 85.6 cm³/mol. The average Bonchev–Trinajstić information content (AvgIpc) is 2.36. The summed E-state index contributed by atoms with van der Waals surface area (Å²) in [6.45, 7) is 0. The van der Waals surface area contributed by atoms with Gasteiger partial charge in [0, 0.05) is 15.7 Å². The van der Waals surface area contributed by atoms with Gasteiger partial charge in [-0.2, -0.15) is 0 Å². The number of hydrogen-bond donors (Lipinski definition) is 2. The van der Waals surface area contributed by atoms with Crippen LogP contribution in [0.1, 0.15) is 10.4 Å². The zero-order chi connectivity index (χ0) is 14.0. The summed E-state index contributed by atoms with van der Waals surface area (Å²) in [4.78, 5) is 12.0. The van der Waals surface area contributed by atoms with Gasteiger partial charge in [-0.3, -0.25) is 4.79 Å². The number of hydrogen-bond acceptors (Lipinski definition) is 2. The van der Waals surface area contributed by atoms with E-state index in [4.69, 9.17) is 0 Å². The van der Waals surface area contributed by atoms with Gasteiger partial charge in [0.25, 0.3) is 5.91 Å².